The molecule has 4 nitrogen and oxygen atoms in total. The van der Waals surface area contributed by atoms with Crippen molar-refractivity contribution in [2.24, 2.45) is 57.2 Å². The van der Waals surface area contributed by atoms with Crippen LogP contribution in [0, 0.1) is 57.2 Å². The molecule has 0 aliphatic heterocycles. The molecule has 0 amide bonds. The first kappa shape index (κ1) is 32.7. The Kier molecular flexibility index (Phi) is 8.49. The van der Waals surface area contributed by atoms with Crippen LogP contribution in [0.2, 0.25) is 0 Å². The number of benzene rings is 1. The van der Waals surface area contributed by atoms with Crippen LogP contribution < -0.4 is 0 Å². The third kappa shape index (κ3) is 5.12. The van der Waals surface area contributed by atoms with Gasteiger partial charge in [0.15, 0.2) is 0 Å². The molecule has 46 heavy (non-hydrogen) atoms. The predicted molar refractivity (Wildman–Crippen MR) is 183 cm³/mol. The molecule has 0 radical (unpaired) electrons. The van der Waals surface area contributed by atoms with Crippen LogP contribution >= 0.6 is 0 Å². The van der Waals surface area contributed by atoms with E-state index in [1.165, 1.54) is 89.9 Å². The highest BCUT2D eigenvalue weighted by Crippen LogP contribution is 2.71. The van der Waals surface area contributed by atoms with Crippen molar-refractivity contribution in [3.05, 3.63) is 35.4 Å². The van der Waals surface area contributed by atoms with Crippen molar-refractivity contribution < 1.29 is 19.1 Å². The van der Waals surface area contributed by atoms with E-state index in [-0.39, 0.29) is 45.8 Å². The molecule has 0 N–H and O–H groups in total. The zero-order valence-electron chi connectivity index (χ0n) is 29.9. The van der Waals surface area contributed by atoms with Gasteiger partial charge < -0.3 is 9.47 Å². The Bertz CT molecular complexity index is 1180. The summed E-state index contributed by atoms with van der Waals surface area (Å²) in [6, 6.07) is 7.17. The highest BCUT2D eigenvalue weighted by atomic mass is 16.6. The lowest BCUT2D eigenvalue weighted by Gasteiger charge is -2.40. The first-order chi connectivity index (χ1) is 21.9. The van der Waals surface area contributed by atoms with Crippen LogP contribution in [-0.2, 0) is 9.47 Å². The summed E-state index contributed by atoms with van der Waals surface area (Å²) in [5.74, 6) is 3.20. The fraction of sp³-hybridized carbons (Fsp3) is 0.810. The molecule has 4 bridgehead atoms. The maximum absolute atomic E-state index is 13.7. The van der Waals surface area contributed by atoms with E-state index < -0.39 is 0 Å². The van der Waals surface area contributed by atoms with Crippen LogP contribution in [-0.4, -0.2) is 24.1 Å². The molecule has 0 unspecified atom stereocenters. The Labute approximate surface area is 279 Å². The number of carbonyl (C=O) groups is 2. The lowest BCUT2D eigenvalue weighted by atomic mass is 9.69. The van der Waals surface area contributed by atoms with Crippen LogP contribution in [0.1, 0.15) is 165 Å². The predicted octanol–water partition coefficient (Wildman–Crippen LogP) is 10.8. The SMILES string of the molecule is CC1(C)[C@H]2CC[C@]1(C)[C@H](OC(=O)c1ccc(C(=O)O[C@@H]3[C@H](CC4CCCCC4)[C@@H]4CC[C@@]3(C)C4(C)C)cc1)[C@@H]2CC1CCCCC1. The standard InChI is InChI=1S/C42H62O4/c1-39(2)33-21-23-41(39,5)35(31(33)25-27-13-9-7-10-14-27)45-37(43)29-17-19-30(20-18-29)38(44)46-36-32(26-28-15-11-8-12-16-28)34-22-24-42(36,6)40(34,3)4/h17-20,27-28,31-36H,7-16,21-26H2,1-6H3/t31-,32-,33+,34+,35-,36-,41-,42-/m1/s1. The van der Waals surface area contributed by atoms with Crippen LogP contribution in [0.15, 0.2) is 24.3 Å². The molecule has 8 atom stereocenters. The number of rotatable bonds is 8. The van der Waals surface area contributed by atoms with Gasteiger partial charge >= 0.3 is 11.9 Å². The maximum Gasteiger partial charge on any atom is 0.338 e. The summed E-state index contributed by atoms with van der Waals surface area (Å²) in [7, 11) is 0. The largest absolute Gasteiger partial charge is 0.458 e. The molecule has 0 heterocycles. The number of hydrogen-bond acceptors (Lipinski definition) is 4. The van der Waals surface area contributed by atoms with Crippen LogP contribution in [0.4, 0.5) is 0 Å². The summed E-state index contributed by atoms with van der Waals surface area (Å²) < 4.78 is 13.1. The third-order valence-electron chi connectivity index (χ3n) is 16.3. The smallest absolute Gasteiger partial charge is 0.338 e. The van der Waals surface area contributed by atoms with Crippen LogP contribution in [0.5, 0.6) is 0 Å². The average molecular weight is 631 g/mol. The van der Waals surface area contributed by atoms with E-state index in [1.54, 1.807) is 24.3 Å². The number of esters is 2. The third-order valence-corrected chi connectivity index (χ3v) is 16.3. The molecule has 6 fully saturated rings. The highest BCUT2D eigenvalue weighted by Gasteiger charge is 2.68. The lowest BCUT2D eigenvalue weighted by Crippen LogP contribution is -2.41. The van der Waals surface area contributed by atoms with E-state index in [0.717, 1.165) is 24.7 Å². The van der Waals surface area contributed by atoms with Gasteiger partial charge in [0.2, 0.25) is 0 Å². The Hall–Kier alpha value is -1.84. The van der Waals surface area contributed by atoms with Gasteiger partial charge in [0, 0.05) is 22.7 Å². The van der Waals surface area contributed by atoms with E-state index in [0.29, 0.717) is 34.8 Å². The number of ether oxygens (including phenoxy) is 2. The molecule has 0 spiro atoms. The van der Waals surface area contributed by atoms with Gasteiger partial charge in [0.25, 0.3) is 0 Å². The minimum atomic E-state index is -0.238. The van der Waals surface area contributed by atoms with E-state index in [2.05, 4.69) is 41.5 Å². The second-order valence-corrected chi connectivity index (χ2v) is 18.6. The van der Waals surface area contributed by atoms with Gasteiger partial charge in [0.05, 0.1) is 11.1 Å². The minimum Gasteiger partial charge on any atom is -0.458 e. The molecule has 1 aromatic rings. The Morgan fingerprint density at radius 2 is 0.913 bits per heavy atom. The summed E-state index contributed by atoms with van der Waals surface area (Å²) in [4.78, 5) is 27.4. The fourth-order valence-electron chi connectivity index (χ4n) is 12.7. The molecule has 0 saturated heterocycles. The molecule has 6 aliphatic carbocycles. The zero-order valence-corrected chi connectivity index (χ0v) is 29.9. The summed E-state index contributed by atoms with van der Waals surface area (Å²) >= 11 is 0. The van der Waals surface area contributed by atoms with E-state index in [4.69, 9.17) is 9.47 Å². The topological polar surface area (TPSA) is 52.6 Å². The van der Waals surface area contributed by atoms with Crippen molar-refractivity contribution in [2.75, 3.05) is 0 Å². The fourth-order valence-corrected chi connectivity index (χ4v) is 12.7. The summed E-state index contributed by atoms with van der Waals surface area (Å²) in [6.07, 6.45) is 20.6. The van der Waals surface area contributed by atoms with Gasteiger partial charge in [-0.2, -0.15) is 0 Å². The molecule has 0 aromatic heterocycles. The number of carbonyl (C=O) groups excluding carboxylic acids is 2. The van der Waals surface area contributed by atoms with Crippen LogP contribution in [0.25, 0.3) is 0 Å². The van der Waals surface area contributed by atoms with Gasteiger partial charge in [-0.15, -0.1) is 0 Å². The van der Waals surface area contributed by atoms with E-state index in [1.807, 2.05) is 0 Å². The first-order valence-electron chi connectivity index (χ1n) is 19.4. The molecule has 4 heteroatoms. The Morgan fingerprint density at radius 3 is 1.26 bits per heavy atom. The maximum atomic E-state index is 13.7. The second-order valence-electron chi connectivity index (χ2n) is 18.6. The van der Waals surface area contributed by atoms with Gasteiger partial charge in [-0.05, 0) is 97.3 Å². The Balaban J connectivity index is 1.04. The van der Waals surface area contributed by atoms with Gasteiger partial charge in [-0.25, -0.2) is 9.59 Å². The highest BCUT2D eigenvalue weighted by molar-refractivity contribution is 5.93. The summed E-state index contributed by atoms with van der Waals surface area (Å²) in [5, 5.41) is 0. The van der Waals surface area contributed by atoms with Crippen molar-refractivity contribution in [2.45, 2.75) is 156 Å². The van der Waals surface area contributed by atoms with Crippen molar-refractivity contribution in [3.63, 3.8) is 0 Å². The molecule has 6 saturated carbocycles. The number of fused-ring (bicyclic) bond motifs is 4. The second kappa shape index (κ2) is 11.9. The van der Waals surface area contributed by atoms with Crippen molar-refractivity contribution >= 4 is 11.9 Å². The molecule has 7 rings (SSSR count). The van der Waals surface area contributed by atoms with Crippen molar-refractivity contribution in [1.82, 2.24) is 0 Å². The van der Waals surface area contributed by atoms with Gasteiger partial charge in [-0.3, -0.25) is 0 Å². The molecule has 6 aliphatic rings. The van der Waals surface area contributed by atoms with E-state index >= 15 is 0 Å². The normalized spacial score (nSPS) is 39.9. The van der Waals surface area contributed by atoms with Crippen molar-refractivity contribution in [1.29, 1.82) is 0 Å². The first-order valence-corrected chi connectivity index (χ1v) is 19.4. The Morgan fingerprint density at radius 1 is 0.565 bits per heavy atom. The van der Waals surface area contributed by atoms with Gasteiger partial charge in [-0.1, -0.05) is 106 Å². The van der Waals surface area contributed by atoms with E-state index in [9.17, 15) is 9.59 Å². The van der Waals surface area contributed by atoms with Crippen LogP contribution in [0.3, 0.4) is 0 Å². The molecular weight excluding hydrogens is 568 g/mol. The minimum absolute atomic E-state index is 0.00905. The lowest BCUT2D eigenvalue weighted by molar-refractivity contribution is -0.0460. The molecule has 254 valence electrons. The average Bonchev–Trinajstić information content (AvgIpc) is 3.54. The quantitative estimate of drug-likeness (QED) is 0.268. The summed E-state index contributed by atoms with van der Waals surface area (Å²) in [5.41, 5.74) is 1.44. The monoisotopic (exact) mass is 630 g/mol. The van der Waals surface area contributed by atoms with Crippen molar-refractivity contribution in [3.8, 4) is 0 Å². The zero-order chi connectivity index (χ0) is 32.5. The van der Waals surface area contributed by atoms with Gasteiger partial charge in [0.1, 0.15) is 12.2 Å². The molecular formula is C42H62O4. The summed E-state index contributed by atoms with van der Waals surface area (Å²) in [6.45, 7) is 14.4. The number of hydrogen-bond donors (Lipinski definition) is 0. The molecule has 1 aromatic carbocycles.